The van der Waals surface area contributed by atoms with Gasteiger partial charge in [0.05, 0.1) is 13.0 Å². The van der Waals surface area contributed by atoms with E-state index in [1.807, 2.05) is 0 Å². The van der Waals surface area contributed by atoms with Crippen molar-refractivity contribution in [2.75, 3.05) is 13.2 Å². The molecule has 164 valence electrons. The normalized spacial score (nSPS) is 13.4. The van der Waals surface area contributed by atoms with Gasteiger partial charge in [-0.05, 0) is 5.56 Å². The quantitative estimate of drug-likeness (QED) is 0.179. The monoisotopic (exact) mass is 423 g/mol. The summed E-state index contributed by atoms with van der Waals surface area (Å²) < 4.78 is 0. The number of carboxylic acid groups (broad SMARTS) is 1. The first-order valence-corrected chi connectivity index (χ1v) is 8.93. The number of amides is 4. The molecule has 0 aliphatic rings. The second-order valence-corrected chi connectivity index (χ2v) is 6.38. The Kier molecular flexibility index (Phi) is 9.92. The van der Waals surface area contributed by atoms with Crippen molar-refractivity contribution in [3.63, 3.8) is 0 Å². The molecule has 30 heavy (non-hydrogen) atoms. The van der Waals surface area contributed by atoms with Crippen LogP contribution in [0.25, 0.3) is 0 Å². The molecule has 0 spiro atoms. The number of hydrogen-bond donors (Lipinski definition) is 7. The first-order chi connectivity index (χ1) is 14.1. The van der Waals surface area contributed by atoms with Crippen LogP contribution in [-0.2, 0) is 30.4 Å². The number of aliphatic hydroxyl groups is 1. The van der Waals surface area contributed by atoms with Crippen molar-refractivity contribution < 1.29 is 34.2 Å². The molecular weight excluding hydrogens is 398 g/mol. The van der Waals surface area contributed by atoms with Crippen LogP contribution in [0.2, 0.25) is 0 Å². The third kappa shape index (κ3) is 8.67. The molecule has 0 aromatic heterocycles. The number of carboxylic acids is 1. The summed E-state index contributed by atoms with van der Waals surface area (Å²) in [4.78, 5) is 58.9. The summed E-state index contributed by atoms with van der Waals surface area (Å²) in [5, 5.41) is 24.4. The Morgan fingerprint density at radius 1 is 0.933 bits per heavy atom. The third-order valence-electron chi connectivity index (χ3n) is 3.90. The average Bonchev–Trinajstić information content (AvgIpc) is 2.70. The van der Waals surface area contributed by atoms with E-state index in [4.69, 9.17) is 21.7 Å². The van der Waals surface area contributed by atoms with Gasteiger partial charge in [0.25, 0.3) is 0 Å². The van der Waals surface area contributed by atoms with Gasteiger partial charge in [-0.25, -0.2) is 0 Å². The van der Waals surface area contributed by atoms with Gasteiger partial charge in [0.15, 0.2) is 0 Å². The van der Waals surface area contributed by atoms with Crippen LogP contribution in [0.4, 0.5) is 0 Å². The fraction of sp³-hybridized carbons (Fsp3) is 0.389. The molecule has 0 aliphatic heterocycles. The molecule has 0 saturated carbocycles. The summed E-state index contributed by atoms with van der Waals surface area (Å²) in [5.74, 6) is -4.74. The number of aliphatic carboxylic acids is 1. The van der Waals surface area contributed by atoms with E-state index >= 15 is 0 Å². The van der Waals surface area contributed by atoms with Gasteiger partial charge in [0.1, 0.15) is 24.7 Å². The van der Waals surface area contributed by atoms with Crippen molar-refractivity contribution in [3.8, 4) is 0 Å². The zero-order valence-corrected chi connectivity index (χ0v) is 16.0. The Hall–Kier alpha value is -3.51. The maximum Gasteiger partial charge on any atom is 0.322 e. The van der Waals surface area contributed by atoms with Crippen molar-refractivity contribution in [3.05, 3.63) is 35.9 Å². The summed E-state index contributed by atoms with van der Waals surface area (Å²) in [5.41, 5.74) is 11.2. The zero-order valence-electron chi connectivity index (χ0n) is 16.0. The van der Waals surface area contributed by atoms with Gasteiger partial charge >= 0.3 is 5.97 Å². The van der Waals surface area contributed by atoms with Gasteiger partial charge in [-0.1, -0.05) is 30.3 Å². The largest absolute Gasteiger partial charge is 0.480 e. The summed E-state index contributed by atoms with van der Waals surface area (Å²) in [6.07, 6.45) is -0.560. The lowest BCUT2D eigenvalue weighted by molar-refractivity contribution is -0.138. The molecule has 0 saturated heterocycles. The van der Waals surface area contributed by atoms with Gasteiger partial charge in [0.2, 0.25) is 23.6 Å². The fourth-order valence-electron chi connectivity index (χ4n) is 2.39. The highest BCUT2D eigenvalue weighted by molar-refractivity contribution is 5.96. The van der Waals surface area contributed by atoms with Crippen LogP contribution in [-0.4, -0.2) is 71.1 Å². The first kappa shape index (κ1) is 24.5. The van der Waals surface area contributed by atoms with E-state index in [-0.39, 0.29) is 6.42 Å². The summed E-state index contributed by atoms with van der Waals surface area (Å²) in [7, 11) is 0. The molecule has 0 bridgehead atoms. The molecule has 0 heterocycles. The lowest BCUT2D eigenvalue weighted by Gasteiger charge is -2.23. The van der Waals surface area contributed by atoms with E-state index < -0.39 is 67.3 Å². The van der Waals surface area contributed by atoms with Crippen LogP contribution < -0.4 is 27.4 Å². The smallest absolute Gasteiger partial charge is 0.322 e. The Labute approximate surface area is 172 Å². The predicted molar refractivity (Wildman–Crippen MR) is 104 cm³/mol. The number of nitrogens with one attached hydrogen (secondary N) is 3. The predicted octanol–water partition coefficient (Wildman–Crippen LogP) is -3.41. The standard InChI is InChI=1S/C18H25N5O7/c19-11(9-24)16(28)22-13(7-14(20)25)18(30)23-12(17(29)21-8-15(26)27)6-10-4-2-1-3-5-10/h1-5,11-13,24H,6-9,19H2,(H2,20,25)(H,21,29)(H,22,28)(H,23,30)(H,26,27)/t11-,12-,13-/m0/s1. The maximum absolute atomic E-state index is 12.6. The lowest BCUT2D eigenvalue weighted by Crippen LogP contribution is -2.57. The van der Waals surface area contributed by atoms with Gasteiger partial charge in [0, 0.05) is 6.42 Å². The van der Waals surface area contributed by atoms with Crippen molar-refractivity contribution in [1.82, 2.24) is 16.0 Å². The van der Waals surface area contributed by atoms with E-state index in [2.05, 4.69) is 16.0 Å². The van der Waals surface area contributed by atoms with E-state index in [0.29, 0.717) is 5.56 Å². The molecule has 3 atom stereocenters. The molecule has 0 fully saturated rings. The minimum Gasteiger partial charge on any atom is -0.480 e. The Morgan fingerprint density at radius 3 is 2.07 bits per heavy atom. The SMILES string of the molecule is NC(=O)C[C@H](NC(=O)[C@@H](N)CO)C(=O)N[C@@H](Cc1ccccc1)C(=O)NCC(=O)O. The van der Waals surface area contributed by atoms with Crippen LogP contribution in [0.15, 0.2) is 30.3 Å². The van der Waals surface area contributed by atoms with Crippen LogP contribution in [0.1, 0.15) is 12.0 Å². The molecule has 1 aromatic carbocycles. The van der Waals surface area contributed by atoms with Gasteiger partial charge in [-0.15, -0.1) is 0 Å². The molecule has 4 amide bonds. The Balaban J connectivity index is 2.98. The van der Waals surface area contributed by atoms with Crippen LogP contribution in [0.3, 0.4) is 0 Å². The van der Waals surface area contributed by atoms with Crippen molar-refractivity contribution in [2.24, 2.45) is 11.5 Å². The first-order valence-electron chi connectivity index (χ1n) is 8.93. The molecule has 0 aliphatic carbocycles. The number of carbonyl (C=O) groups excluding carboxylic acids is 4. The highest BCUT2D eigenvalue weighted by Gasteiger charge is 2.29. The fourth-order valence-corrected chi connectivity index (χ4v) is 2.39. The number of hydrogen-bond acceptors (Lipinski definition) is 7. The van der Waals surface area contributed by atoms with Crippen molar-refractivity contribution in [1.29, 1.82) is 0 Å². The number of aliphatic hydroxyl groups excluding tert-OH is 1. The second-order valence-electron chi connectivity index (χ2n) is 6.38. The number of nitrogens with two attached hydrogens (primary N) is 2. The summed E-state index contributed by atoms with van der Waals surface area (Å²) in [6.45, 7) is -1.35. The van der Waals surface area contributed by atoms with Gasteiger partial charge < -0.3 is 37.6 Å². The average molecular weight is 423 g/mol. The maximum atomic E-state index is 12.6. The van der Waals surface area contributed by atoms with Crippen LogP contribution in [0, 0.1) is 0 Å². The lowest BCUT2D eigenvalue weighted by atomic mass is 10.0. The number of primary amides is 1. The van der Waals surface area contributed by atoms with E-state index in [0.717, 1.165) is 0 Å². The molecule has 0 radical (unpaired) electrons. The van der Waals surface area contributed by atoms with Crippen LogP contribution >= 0.6 is 0 Å². The molecule has 12 heteroatoms. The number of carbonyl (C=O) groups is 5. The molecule has 9 N–H and O–H groups in total. The summed E-state index contributed by atoms with van der Waals surface area (Å²) in [6, 6.07) is 4.62. The topological polar surface area (TPSA) is 214 Å². The van der Waals surface area contributed by atoms with Gasteiger partial charge in [-0.3, -0.25) is 24.0 Å². The minimum atomic E-state index is -1.45. The van der Waals surface area contributed by atoms with Crippen LogP contribution in [0.5, 0.6) is 0 Å². The molecule has 0 unspecified atom stereocenters. The Morgan fingerprint density at radius 2 is 1.53 bits per heavy atom. The number of benzene rings is 1. The second kappa shape index (κ2) is 12.1. The number of rotatable bonds is 12. The molecule has 1 rings (SSSR count). The molecule has 12 nitrogen and oxygen atoms in total. The third-order valence-corrected chi connectivity index (χ3v) is 3.90. The zero-order chi connectivity index (χ0) is 22.7. The van der Waals surface area contributed by atoms with Crippen molar-refractivity contribution >= 4 is 29.6 Å². The van der Waals surface area contributed by atoms with Gasteiger partial charge in [-0.2, -0.15) is 0 Å². The Bertz CT molecular complexity index is 771. The van der Waals surface area contributed by atoms with E-state index in [1.165, 1.54) is 0 Å². The molecular formula is C18H25N5O7. The van der Waals surface area contributed by atoms with E-state index in [9.17, 15) is 24.0 Å². The highest BCUT2D eigenvalue weighted by Crippen LogP contribution is 2.05. The summed E-state index contributed by atoms with van der Waals surface area (Å²) >= 11 is 0. The highest BCUT2D eigenvalue weighted by atomic mass is 16.4. The molecule has 1 aromatic rings. The van der Waals surface area contributed by atoms with Crippen molar-refractivity contribution in [2.45, 2.75) is 31.0 Å². The van der Waals surface area contributed by atoms with E-state index in [1.54, 1.807) is 30.3 Å². The minimum absolute atomic E-state index is 0.0193.